The van der Waals surface area contributed by atoms with E-state index in [1.54, 1.807) is 11.0 Å². The molecule has 0 radical (unpaired) electrons. The Morgan fingerprint density at radius 2 is 2.15 bits per heavy atom. The number of carbonyl (C=O) groups is 1. The number of ether oxygens (including phenoxy) is 1. The number of likely N-dealkylation sites (tertiary alicyclic amines) is 1. The van der Waals surface area contributed by atoms with Crippen molar-refractivity contribution in [1.29, 1.82) is 0 Å². The van der Waals surface area contributed by atoms with Gasteiger partial charge >= 0.3 is 6.09 Å². The van der Waals surface area contributed by atoms with Crippen molar-refractivity contribution in [2.45, 2.75) is 57.7 Å². The van der Waals surface area contributed by atoms with Crippen molar-refractivity contribution in [1.82, 2.24) is 4.90 Å². The maximum Gasteiger partial charge on any atom is 0.410 e. The topological polar surface area (TPSA) is 75.8 Å². The number of aliphatic hydroxyl groups is 1. The second kappa shape index (κ2) is 8.59. The van der Waals surface area contributed by atoms with Crippen LogP contribution in [0.3, 0.4) is 0 Å². The van der Waals surface area contributed by atoms with Crippen LogP contribution in [0.5, 0.6) is 0 Å². The first kappa shape index (κ1) is 21.0. The van der Waals surface area contributed by atoms with Gasteiger partial charge < -0.3 is 20.5 Å². The van der Waals surface area contributed by atoms with Crippen molar-refractivity contribution in [2.75, 3.05) is 19.6 Å². The van der Waals surface area contributed by atoms with Gasteiger partial charge in [0.15, 0.2) is 0 Å². The maximum absolute atomic E-state index is 12.5. The predicted octanol–water partition coefficient (Wildman–Crippen LogP) is 3.91. The number of nitrogens with two attached hydrogens (primary N) is 1. The van der Waals surface area contributed by atoms with Crippen LogP contribution in [0.15, 0.2) is 24.3 Å². The van der Waals surface area contributed by atoms with E-state index in [1.807, 2.05) is 39.0 Å². The summed E-state index contributed by atoms with van der Waals surface area (Å²) >= 11 is 6.16. The maximum atomic E-state index is 12.5. The molecule has 5 nitrogen and oxygen atoms in total. The molecular formula is C20H31ClN2O3. The van der Waals surface area contributed by atoms with Gasteiger partial charge in [-0.05, 0) is 70.7 Å². The van der Waals surface area contributed by atoms with Crippen molar-refractivity contribution in [3.05, 3.63) is 34.9 Å². The lowest BCUT2D eigenvalue weighted by Gasteiger charge is -2.43. The minimum atomic E-state index is -1.06. The Hall–Kier alpha value is -1.30. The Morgan fingerprint density at radius 3 is 2.77 bits per heavy atom. The number of rotatable bonds is 5. The molecule has 0 aliphatic carbocycles. The van der Waals surface area contributed by atoms with Gasteiger partial charge in [0.1, 0.15) is 5.60 Å². The summed E-state index contributed by atoms with van der Waals surface area (Å²) in [6, 6.07) is 7.35. The second-order valence-corrected chi connectivity index (χ2v) is 8.53. The molecule has 2 unspecified atom stereocenters. The van der Waals surface area contributed by atoms with Gasteiger partial charge in [0.05, 0.1) is 5.60 Å². The predicted molar refractivity (Wildman–Crippen MR) is 104 cm³/mol. The van der Waals surface area contributed by atoms with E-state index < -0.39 is 11.2 Å². The molecule has 26 heavy (non-hydrogen) atoms. The molecule has 0 aromatic heterocycles. The molecular weight excluding hydrogens is 352 g/mol. The number of nitrogens with zero attached hydrogens (tertiary/aromatic N) is 1. The summed E-state index contributed by atoms with van der Waals surface area (Å²) in [7, 11) is 0. The minimum absolute atomic E-state index is 0.0891. The van der Waals surface area contributed by atoms with E-state index in [0.717, 1.165) is 18.4 Å². The SMILES string of the molecule is CC(C)(C)OC(=O)N1CCCC(C(O)(CCCN)c2cccc(Cl)c2)C1. The fourth-order valence-electron chi connectivity index (χ4n) is 3.57. The van der Waals surface area contributed by atoms with Gasteiger partial charge in [-0.2, -0.15) is 0 Å². The molecule has 0 spiro atoms. The summed E-state index contributed by atoms with van der Waals surface area (Å²) in [4.78, 5) is 14.2. The normalized spacial score (nSPS) is 20.5. The third-order valence-corrected chi connectivity index (χ3v) is 5.07. The molecule has 0 saturated carbocycles. The first-order valence-corrected chi connectivity index (χ1v) is 9.70. The number of piperidine rings is 1. The van der Waals surface area contributed by atoms with Crippen LogP contribution in [0.2, 0.25) is 5.02 Å². The number of hydrogen-bond donors (Lipinski definition) is 2. The number of benzene rings is 1. The van der Waals surface area contributed by atoms with E-state index in [0.29, 0.717) is 37.5 Å². The van der Waals surface area contributed by atoms with Gasteiger partial charge in [0.25, 0.3) is 0 Å². The van der Waals surface area contributed by atoms with E-state index in [-0.39, 0.29) is 12.0 Å². The summed E-state index contributed by atoms with van der Waals surface area (Å²) in [6.07, 6.45) is 2.58. The molecule has 1 heterocycles. The average molecular weight is 383 g/mol. The third kappa shape index (κ3) is 5.35. The molecule has 1 saturated heterocycles. The Kier molecular flexibility index (Phi) is 6.94. The highest BCUT2D eigenvalue weighted by molar-refractivity contribution is 6.30. The molecule has 1 aromatic carbocycles. The van der Waals surface area contributed by atoms with E-state index in [2.05, 4.69) is 0 Å². The van der Waals surface area contributed by atoms with E-state index in [9.17, 15) is 9.90 Å². The molecule has 1 aliphatic heterocycles. The van der Waals surface area contributed by atoms with E-state index in [4.69, 9.17) is 22.1 Å². The summed E-state index contributed by atoms with van der Waals surface area (Å²) in [5.74, 6) is -0.0891. The molecule has 1 aromatic rings. The summed E-state index contributed by atoms with van der Waals surface area (Å²) in [6.45, 7) is 7.18. The van der Waals surface area contributed by atoms with Crippen LogP contribution < -0.4 is 5.73 Å². The zero-order valence-electron chi connectivity index (χ0n) is 16.0. The average Bonchev–Trinajstić information content (AvgIpc) is 2.58. The fourth-order valence-corrected chi connectivity index (χ4v) is 3.76. The second-order valence-electron chi connectivity index (χ2n) is 8.09. The van der Waals surface area contributed by atoms with Crippen LogP contribution in [-0.2, 0) is 10.3 Å². The Labute approximate surface area is 161 Å². The highest BCUT2D eigenvalue weighted by Crippen LogP contribution is 2.40. The molecule has 1 fully saturated rings. The quantitative estimate of drug-likeness (QED) is 0.809. The Bertz CT molecular complexity index is 617. The molecule has 0 bridgehead atoms. The van der Waals surface area contributed by atoms with E-state index >= 15 is 0 Å². The lowest BCUT2D eigenvalue weighted by molar-refractivity contribution is -0.0630. The van der Waals surface area contributed by atoms with Crippen molar-refractivity contribution >= 4 is 17.7 Å². The summed E-state index contributed by atoms with van der Waals surface area (Å²) in [5.41, 5.74) is 4.88. The fraction of sp³-hybridized carbons (Fsp3) is 0.650. The van der Waals surface area contributed by atoms with Gasteiger partial charge in [0.2, 0.25) is 0 Å². The van der Waals surface area contributed by atoms with Crippen LogP contribution in [0.25, 0.3) is 0 Å². The Balaban J connectivity index is 2.23. The molecule has 1 aliphatic rings. The van der Waals surface area contributed by atoms with Gasteiger partial charge in [-0.1, -0.05) is 23.7 Å². The summed E-state index contributed by atoms with van der Waals surface area (Å²) < 4.78 is 5.51. The van der Waals surface area contributed by atoms with Crippen molar-refractivity contribution < 1.29 is 14.6 Å². The molecule has 146 valence electrons. The largest absolute Gasteiger partial charge is 0.444 e. The molecule has 2 rings (SSSR count). The van der Waals surface area contributed by atoms with Crippen molar-refractivity contribution in [3.8, 4) is 0 Å². The smallest absolute Gasteiger partial charge is 0.410 e. The van der Waals surface area contributed by atoms with Crippen LogP contribution in [-0.4, -0.2) is 41.3 Å². The first-order valence-electron chi connectivity index (χ1n) is 9.32. The molecule has 3 N–H and O–H groups in total. The summed E-state index contributed by atoms with van der Waals surface area (Å²) in [5, 5.41) is 12.2. The van der Waals surface area contributed by atoms with Crippen LogP contribution in [0.1, 0.15) is 52.0 Å². The lowest BCUT2D eigenvalue weighted by Crippen LogP contribution is -2.49. The Morgan fingerprint density at radius 1 is 1.42 bits per heavy atom. The molecule has 2 atom stereocenters. The standard InChI is InChI=1S/C20H31ClN2O3/c1-19(2,3)26-18(24)23-12-5-8-16(14-23)20(25,10-6-11-22)15-7-4-9-17(21)13-15/h4,7,9,13,16,25H,5-6,8,10-12,14,22H2,1-3H3. The molecule has 6 heteroatoms. The number of hydrogen-bond acceptors (Lipinski definition) is 4. The number of carbonyl (C=O) groups excluding carboxylic acids is 1. The van der Waals surface area contributed by atoms with Gasteiger partial charge in [-0.3, -0.25) is 0 Å². The van der Waals surface area contributed by atoms with Crippen molar-refractivity contribution in [3.63, 3.8) is 0 Å². The first-order chi connectivity index (χ1) is 12.2. The third-order valence-electron chi connectivity index (χ3n) is 4.84. The van der Waals surface area contributed by atoms with Gasteiger partial charge in [0, 0.05) is 24.0 Å². The van der Waals surface area contributed by atoms with Crippen molar-refractivity contribution in [2.24, 2.45) is 11.7 Å². The molecule has 1 amide bonds. The van der Waals surface area contributed by atoms with E-state index in [1.165, 1.54) is 0 Å². The number of amides is 1. The minimum Gasteiger partial charge on any atom is -0.444 e. The zero-order valence-corrected chi connectivity index (χ0v) is 16.8. The van der Waals surface area contributed by atoms with Crippen LogP contribution in [0.4, 0.5) is 4.79 Å². The number of halogens is 1. The monoisotopic (exact) mass is 382 g/mol. The zero-order chi connectivity index (χ0) is 19.4. The van der Waals surface area contributed by atoms with Gasteiger partial charge in [-0.25, -0.2) is 4.79 Å². The lowest BCUT2D eigenvalue weighted by atomic mass is 9.74. The highest BCUT2D eigenvalue weighted by atomic mass is 35.5. The van der Waals surface area contributed by atoms with Gasteiger partial charge in [-0.15, -0.1) is 0 Å². The van der Waals surface area contributed by atoms with Crippen LogP contribution >= 0.6 is 11.6 Å². The highest BCUT2D eigenvalue weighted by Gasteiger charge is 2.41. The van der Waals surface area contributed by atoms with Crippen LogP contribution in [0, 0.1) is 5.92 Å².